The van der Waals surface area contributed by atoms with Crippen LogP contribution in [-0.2, 0) is 12.8 Å². The number of ether oxygens (including phenoxy) is 1. The van der Waals surface area contributed by atoms with Gasteiger partial charge in [-0.2, -0.15) is 0 Å². The molecular weight excluding hydrogens is 360 g/mol. The van der Waals surface area contributed by atoms with E-state index in [0.717, 1.165) is 41.4 Å². The van der Waals surface area contributed by atoms with E-state index in [0.29, 0.717) is 0 Å². The first-order chi connectivity index (χ1) is 14.2. The minimum atomic E-state index is 0.774. The van der Waals surface area contributed by atoms with Gasteiger partial charge in [-0.1, -0.05) is 0 Å². The van der Waals surface area contributed by atoms with E-state index < -0.39 is 0 Å². The van der Waals surface area contributed by atoms with Crippen molar-refractivity contribution in [1.29, 1.82) is 0 Å². The maximum Gasteiger partial charge on any atom is 0.122 e. The molecule has 5 heteroatoms. The van der Waals surface area contributed by atoms with Crippen LogP contribution in [0.15, 0.2) is 73.3 Å². The predicted molar refractivity (Wildman–Crippen MR) is 114 cm³/mol. The first-order valence-electron chi connectivity index (χ1n) is 9.54. The molecule has 0 aliphatic rings. The summed E-state index contributed by atoms with van der Waals surface area (Å²) in [5.74, 6) is 0.774. The van der Waals surface area contributed by atoms with Crippen LogP contribution in [-0.4, -0.2) is 27.0 Å². The molecule has 0 fully saturated rings. The van der Waals surface area contributed by atoms with E-state index >= 15 is 0 Å². The lowest BCUT2D eigenvalue weighted by atomic mass is 10.0. The van der Waals surface area contributed by atoms with Crippen LogP contribution < -0.4 is 4.74 Å². The summed E-state index contributed by atoms with van der Waals surface area (Å²) in [4.78, 5) is 17.8. The number of nitrogens with zero attached hydrogens (tertiary/aromatic N) is 4. The fourth-order valence-electron chi connectivity index (χ4n) is 3.18. The third-order valence-corrected chi connectivity index (χ3v) is 4.76. The van der Waals surface area contributed by atoms with Gasteiger partial charge in [0.15, 0.2) is 0 Å². The molecule has 0 N–H and O–H groups in total. The quantitative estimate of drug-likeness (QED) is 0.484. The lowest BCUT2D eigenvalue weighted by Gasteiger charge is -2.07. The molecule has 0 unspecified atom stereocenters. The molecule has 4 heterocycles. The normalized spacial score (nSPS) is 10.7. The first kappa shape index (κ1) is 18.7. The Labute approximate surface area is 170 Å². The van der Waals surface area contributed by atoms with Gasteiger partial charge in [-0.15, -0.1) is 0 Å². The third kappa shape index (κ3) is 4.63. The number of aromatic nitrogens is 4. The monoisotopic (exact) mass is 382 g/mol. The minimum absolute atomic E-state index is 0.774. The minimum Gasteiger partial charge on any atom is -0.497 e. The Hall–Kier alpha value is -3.60. The van der Waals surface area contributed by atoms with Crippen molar-refractivity contribution in [3.8, 4) is 28.5 Å². The van der Waals surface area contributed by atoms with Gasteiger partial charge in [-0.05, 0) is 78.9 Å². The van der Waals surface area contributed by atoms with Gasteiger partial charge in [0.25, 0.3) is 0 Å². The smallest absolute Gasteiger partial charge is 0.122 e. The van der Waals surface area contributed by atoms with Crippen molar-refractivity contribution in [3.63, 3.8) is 0 Å². The van der Waals surface area contributed by atoms with Crippen LogP contribution in [0.2, 0.25) is 0 Å². The van der Waals surface area contributed by atoms with Gasteiger partial charge < -0.3 is 4.74 Å². The van der Waals surface area contributed by atoms with Gasteiger partial charge in [0, 0.05) is 30.9 Å². The maximum absolute atomic E-state index is 5.29. The fourth-order valence-corrected chi connectivity index (χ4v) is 3.18. The molecule has 0 aliphatic heterocycles. The van der Waals surface area contributed by atoms with Gasteiger partial charge >= 0.3 is 0 Å². The zero-order chi connectivity index (χ0) is 20.1. The third-order valence-electron chi connectivity index (χ3n) is 4.76. The summed E-state index contributed by atoms with van der Waals surface area (Å²) in [7, 11) is 1.65. The summed E-state index contributed by atoms with van der Waals surface area (Å²) in [5.41, 5.74) is 7.09. The highest BCUT2D eigenvalue weighted by atomic mass is 16.5. The highest BCUT2D eigenvalue weighted by Crippen LogP contribution is 2.21. The summed E-state index contributed by atoms with van der Waals surface area (Å²) in [6, 6.07) is 16.1. The fraction of sp³-hybridized carbons (Fsp3) is 0.167. The Morgan fingerprint density at radius 2 is 1.10 bits per heavy atom. The average molecular weight is 382 g/mol. The second kappa shape index (κ2) is 8.61. The van der Waals surface area contributed by atoms with Gasteiger partial charge in [0.05, 0.1) is 29.9 Å². The van der Waals surface area contributed by atoms with Crippen molar-refractivity contribution in [2.24, 2.45) is 0 Å². The molecule has 0 atom stereocenters. The highest BCUT2D eigenvalue weighted by Gasteiger charge is 2.06. The summed E-state index contributed by atoms with van der Waals surface area (Å²) in [6.45, 7) is 2.06. The van der Waals surface area contributed by atoms with E-state index in [1.54, 1.807) is 13.3 Å². The molecule has 0 saturated carbocycles. The molecule has 0 radical (unpaired) electrons. The Kier molecular flexibility index (Phi) is 5.56. The van der Waals surface area contributed by atoms with Crippen LogP contribution in [0, 0.1) is 6.92 Å². The Bertz CT molecular complexity index is 1130. The second-order valence-corrected chi connectivity index (χ2v) is 6.90. The number of hydrogen-bond donors (Lipinski definition) is 0. The van der Waals surface area contributed by atoms with E-state index in [9.17, 15) is 0 Å². The van der Waals surface area contributed by atoms with E-state index in [4.69, 9.17) is 4.74 Å². The van der Waals surface area contributed by atoms with Crippen molar-refractivity contribution < 1.29 is 4.74 Å². The van der Waals surface area contributed by atoms with Crippen molar-refractivity contribution in [1.82, 2.24) is 19.9 Å². The van der Waals surface area contributed by atoms with Crippen LogP contribution in [0.5, 0.6) is 5.75 Å². The SMILES string of the molecule is COc1ccnc(-c2cc(CCc3ccnc(-c4cc(C)ccn4)c3)ccn2)c1. The molecule has 0 aromatic carbocycles. The van der Waals surface area contributed by atoms with E-state index in [1.165, 1.54) is 16.7 Å². The van der Waals surface area contributed by atoms with Crippen LogP contribution in [0.25, 0.3) is 22.8 Å². The summed E-state index contributed by atoms with van der Waals surface area (Å²) < 4.78 is 5.29. The van der Waals surface area contributed by atoms with Gasteiger partial charge in [0.1, 0.15) is 5.75 Å². The maximum atomic E-state index is 5.29. The molecule has 4 rings (SSSR count). The van der Waals surface area contributed by atoms with Gasteiger partial charge in [-0.25, -0.2) is 0 Å². The predicted octanol–water partition coefficient (Wildman–Crippen LogP) is 4.70. The standard InChI is InChI=1S/C24H22N4O/c1-17-5-9-25-21(13-17)22-14-18(6-10-26-22)3-4-19-7-11-27-23(15-19)24-16-20(29-2)8-12-28-24/h5-16H,3-4H2,1-2H3. The largest absolute Gasteiger partial charge is 0.497 e. The molecule has 4 aromatic heterocycles. The van der Waals surface area contributed by atoms with Crippen LogP contribution in [0.1, 0.15) is 16.7 Å². The van der Waals surface area contributed by atoms with Crippen molar-refractivity contribution in [2.75, 3.05) is 7.11 Å². The number of pyridine rings is 4. The molecule has 0 saturated heterocycles. The zero-order valence-corrected chi connectivity index (χ0v) is 16.5. The number of aryl methyl sites for hydroxylation is 3. The van der Waals surface area contributed by atoms with E-state index in [1.807, 2.05) is 42.9 Å². The average Bonchev–Trinajstić information content (AvgIpc) is 2.78. The molecule has 0 aliphatic carbocycles. The Morgan fingerprint density at radius 3 is 1.66 bits per heavy atom. The molecule has 4 aromatic rings. The number of rotatable bonds is 6. The van der Waals surface area contributed by atoms with E-state index in [2.05, 4.69) is 51.1 Å². The highest BCUT2D eigenvalue weighted by molar-refractivity contribution is 5.57. The van der Waals surface area contributed by atoms with E-state index in [-0.39, 0.29) is 0 Å². The van der Waals surface area contributed by atoms with Crippen molar-refractivity contribution >= 4 is 0 Å². The van der Waals surface area contributed by atoms with Gasteiger partial charge in [0.2, 0.25) is 0 Å². The van der Waals surface area contributed by atoms with Crippen LogP contribution >= 0.6 is 0 Å². The topological polar surface area (TPSA) is 60.8 Å². The summed E-state index contributed by atoms with van der Waals surface area (Å²) >= 11 is 0. The van der Waals surface area contributed by atoms with Gasteiger partial charge in [-0.3, -0.25) is 19.9 Å². The first-order valence-corrected chi connectivity index (χ1v) is 9.54. The molecule has 0 amide bonds. The molecule has 0 bridgehead atoms. The van der Waals surface area contributed by atoms with Crippen molar-refractivity contribution in [2.45, 2.75) is 19.8 Å². The molecule has 0 spiro atoms. The lowest BCUT2D eigenvalue weighted by Crippen LogP contribution is -1.96. The second-order valence-electron chi connectivity index (χ2n) is 6.90. The van der Waals surface area contributed by atoms with Crippen LogP contribution in [0.3, 0.4) is 0 Å². The molecule has 5 nitrogen and oxygen atoms in total. The molecular formula is C24H22N4O. The summed E-state index contributed by atoms with van der Waals surface area (Å²) in [5, 5.41) is 0. The lowest BCUT2D eigenvalue weighted by molar-refractivity contribution is 0.414. The number of hydrogen-bond acceptors (Lipinski definition) is 5. The Balaban J connectivity index is 1.50. The molecule has 144 valence electrons. The van der Waals surface area contributed by atoms with Crippen LogP contribution in [0.4, 0.5) is 0 Å². The Morgan fingerprint density at radius 1 is 0.621 bits per heavy atom. The molecule has 29 heavy (non-hydrogen) atoms. The number of methoxy groups -OCH3 is 1. The summed E-state index contributed by atoms with van der Waals surface area (Å²) in [6.07, 6.45) is 9.07. The zero-order valence-electron chi connectivity index (χ0n) is 16.5. The van der Waals surface area contributed by atoms with Crippen molar-refractivity contribution in [3.05, 3.63) is 90.0 Å².